The number of ether oxygens (including phenoxy) is 1. The first-order valence-corrected chi connectivity index (χ1v) is 5.32. The average molecular weight is 239 g/mol. The van der Waals surface area contributed by atoms with Gasteiger partial charge in [0, 0.05) is 13.7 Å². The van der Waals surface area contributed by atoms with Crippen LogP contribution in [0.4, 0.5) is 0 Å². The van der Waals surface area contributed by atoms with Crippen LogP contribution in [-0.2, 0) is 4.74 Å². The van der Waals surface area contributed by atoms with E-state index in [1.165, 1.54) is 6.20 Å². The number of hydrogen-bond acceptors (Lipinski definition) is 4. The summed E-state index contributed by atoms with van der Waals surface area (Å²) in [5.74, 6) is -0.345. The van der Waals surface area contributed by atoms with Crippen molar-refractivity contribution in [2.45, 2.75) is 25.9 Å². The van der Waals surface area contributed by atoms with Crippen LogP contribution in [0.5, 0.6) is 0 Å². The van der Waals surface area contributed by atoms with E-state index < -0.39 is 5.56 Å². The van der Waals surface area contributed by atoms with Crippen molar-refractivity contribution in [3.63, 3.8) is 0 Å². The molecule has 17 heavy (non-hydrogen) atoms. The first-order chi connectivity index (χ1) is 7.94. The van der Waals surface area contributed by atoms with Crippen molar-refractivity contribution in [2.75, 3.05) is 13.7 Å². The van der Waals surface area contributed by atoms with E-state index >= 15 is 0 Å². The highest BCUT2D eigenvalue weighted by molar-refractivity contribution is 5.91. The summed E-state index contributed by atoms with van der Waals surface area (Å²) in [5, 5.41) is 2.69. The largest absolute Gasteiger partial charge is 0.379 e. The van der Waals surface area contributed by atoms with E-state index in [0.717, 1.165) is 6.20 Å². The van der Waals surface area contributed by atoms with Gasteiger partial charge in [0.05, 0.1) is 18.0 Å². The molecular formula is C11H17N3O3. The van der Waals surface area contributed by atoms with Gasteiger partial charge in [-0.15, -0.1) is 0 Å². The van der Waals surface area contributed by atoms with Crippen LogP contribution < -0.4 is 10.9 Å². The van der Waals surface area contributed by atoms with Crippen molar-refractivity contribution in [1.29, 1.82) is 0 Å². The number of amides is 1. The molecule has 0 aliphatic heterocycles. The molecular weight excluding hydrogens is 222 g/mol. The molecule has 1 amide bonds. The lowest BCUT2D eigenvalue weighted by Gasteiger charge is -2.22. The fourth-order valence-electron chi connectivity index (χ4n) is 1.17. The third-order valence-electron chi connectivity index (χ3n) is 2.46. The summed E-state index contributed by atoms with van der Waals surface area (Å²) in [6, 6.07) is 0. The SMILES string of the molecule is COC(C)(C)CCNC(=O)c1cncc(=O)[nH]1. The van der Waals surface area contributed by atoms with Crippen LogP contribution >= 0.6 is 0 Å². The third kappa shape index (κ3) is 4.36. The van der Waals surface area contributed by atoms with Crippen LogP contribution in [0.25, 0.3) is 0 Å². The minimum atomic E-state index is -0.394. The summed E-state index contributed by atoms with van der Waals surface area (Å²) in [4.78, 5) is 28.6. The number of carbonyl (C=O) groups excluding carboxylic acids is 1. The zero-order chi connectivity index (χ0) is 12.9. The number of methoxy groups -OCH3 is 1. The number of rotatable bonds is 5. The Hall–Kier alpha value is -1.69. The molecule has 0 radical (unpaired) electrons. The molecule has 6 heteroatoms. The lowest BCUT2D eigenvalue weighted by atomic mass is 10.1. The van der Waals surface area contributed by atoms with Crippen molar-refractivity contribution in [2.24, 2.45) is 0 Å². The second kappa shape index (κ2) is 5.58. The molecule has 94 valence electrons. The van der Waals surface area contributed by atoms with Gasteiger partial charge in [-0.05, 0) is 20.3 Å². The molecule has 1 aromatic rings. The van der Waals surface area contributed by atoms with Gasteiger partial charge in [-0.2, -0.15) is 0 Å². The summed E-state index contributed by atoms with van der Waals surface area (Å²) in [7, 11) is 1.63. The topological polar surface area (TPSA) is 84.1 Å². The molecule has 0 fully saturated rings. The monoisotopic (exact) mass is 239 g/mol. The van der Waals surface area contributed by atoms with Crippen molar-refractivity contribution < 1.29 is 9.53 Å². The van der Waals surface area contributed by atoms with Crippen molar-refractivity contribution in [3.8, 4) is 0 Å². The van der Waals surface area contributed by atoms with E-state index in [1.807, 2.05) is 13.8 Å². The second-order valence-corrected chi connectivity index (χ2v) is 4.28. The molecule has 0 bridgehead atoms. The molecule has 0 aliphatic carbocycles. The zero-order valence-electron chi connectivity index (χ0n) is 10.2. The average Bonchev–Trinajstić information content (AvgIpc) is 2.28. The van der Waals surface area contributed by atoms with E-state index in [4.69, 9.17) is 4.74 Å². The van der Waals surface area contributed by atoms with Gasteiger partial charge in [-0.25, -0.2) is 0 Å². The van der Waals surface area contributed by atoms with Crippen molar-refractivity contribution in [1.82, 2.24) is 15.3 Å². The smallest absolute Gasteiger partial charge is 0.269 e. The van der Waals surface area contributed by atoms with E-state index in [-0.39, 0.29) is 17.2 Å². The Morgan fingerprint density at radius 2 is 2.24 bits per heavy atom. The first-order valence-electron chi connectivity index (χ1n) is 5.32. The Labute approximate surface area is 99.4 Å². The Bertz CT molecular complexity index is 440. The van der Waals surface area contributed by atoms with Gasteiger partial charge in [-0.3, -0.25) is 14.6 Å². The molecule has 0 spiro atoms. The third-order valence-corrected chi connectivity index (χ3v) is 2.46. The van der Waals surface area contributed by atoms with Crippen LogP contribution in [-0.4, -0.2) is 35.1 Å². The maximum atomic E-state index is 11.6. The van der Waals surface area contributed by atoms with Crippen molar-refractivity contribution >= 4 is 5.91 Å². The number of carbonyl (C=O) groups is 1. The summed E-state index contributed by atoms with van der Waals surface area (Å²) >= 11 is 0. The molecule has 0 unspecified atom stereocenters. The van der Waals surface area contributed by atoms with Crippen LogP contribution in [0.15, 0.2) is 17.2 Å². The van der Waals surface area contributed by atoms with E-state index in [1.54, 1.807) is 7.11 Å². The molecule has 2 N–H and O–H groups in total. The lowest BCUT2D eigenvalue weighted by molar-refractivity contribution is 0.0160. The molecule has 6 nitrogen and oxygen atoms in total. The molecule has 0 saturated heterocycles. The van der Waals surface area contributed by atoms with Gasteiger partial charge < -0.3 is 15.0 Å². The van der Waals surface area contributed by atoms with Crippen LogP contribution in [0.3, 0.4) is 0 Å². The molecule has 0 aromatic carbocycles. The Morgan fingerprint density at radius 1 is 1.53 bits per heavy atom. The number of H-pyrrole nitrogens is 1. The Kier molecular flexibility index (Phi) is 4.39. The van der Waals surface area contributed by atoms with Crippen molar-refractivity contribution in [3.05, 3.63) is 28.4 Å². The highest BCUT2D eigenvalue weighted by Crippen LogP contribution is 2.11. The van der Waals surface area contributed by atoms with Gasteiger partial charge in [0.2, 0.25) is 0 Å². The summed E-state index contributed by atoms with van der Waals surface area (Å²) < 4.78 is 5.22. The standard InChI is InChI=1S/C11H17N3O3/c1-11(2,17-3)4-5-13-10(16)8-6-12-7-9(15)14-8/h6-7H,4-5H2,1-3H3,(H,13,16)(H,14,15). The Morgan fingerprint density at radius 3 is 2.82 bits per heavy atom. The van der Waals surface area contributed by atoms with Gasteiger partial charge >= 0.3 is 0 Å². The quantitative estimate of drug-likeness (QED) is 0.774. The van der Waals surface area contributed by atoms with Crippen LogP contribution in [0, 0.1) is 0 Å². The van der Waals surface area contributed by atoms with E-state index in [2.05, 4.69) is 15.3 Å². The van der Waals surface area contributed by atoms with Gasteiger partial charge in [0.15, 0.2) is 0 Å². The molecule has 0 aliphatic rings. The minimum Gasteiger partial charge on any atom is -0.379 e. The second-order valence-electron chi connectivity index (χ2n) is 4.28. The summed E-state index contributed by atoms with van der Waals surface area (Å²) in [6.45, 7) is 4.34. The highest BCUT2D eigenvalue weighted by atomic mass is 16.5. The number of nitrogens with one attached hydrogen (secondary N) is 2. The summed E-state index contributed by atoms with van der Waals surface area (Å²) in [6.07, 6.45) is 3.11. The maximum absolute atomic E-state index is 11.6. The minimum absolute atomic E-state index is 0.160. The number of aromatic nitrogens is 2. The molecule has 0 atom stereocenters. The molecule has 1 heterocycles. The normalized spacial score (nSPS) is 11.2. The number of nitrogens with zero attached hydrogens (tertiary/aromatic N) is 1. The fraction of sp³-hybridized carbons (Fsp3) is 0.545. The molecule has 1 aromatic heterocycles. The van der Waals surface area contributed by atoms with Gasteiger partial charge in [0.1, 0.15) is 5.69 Å². The lowest BCUT2D eigenvalue weighted by Crippen LogP contribution is -2.33. The maximum Gasteiger partial charge on any atom is 0.269 e. The van der Waals surface area contributed by atoms with E-state index in [9.17, 15) is 9.59 Å². The first kappa shape index (κ1) is 13.4. The molecule has 1 rings (SSSR count). The van der Waals surface area contributed by atoms with Crippen LogP contribution in [0.1, 0.15) is 30.8 Å². The number of aromatic amines is 1. The fourth-order valence-corrected chi connectivity index (χ4v) is 1.17. The van der Waals surface area contributed by atoms with Crippen LogP contribution in [0.2, 0.25) is 0 Å². The van der Waals surface area contributed by atoms with Gasteiger partial charge in [-0.1, -0.05) is 0 Å². The predicted octanol–water partition coefficient (Wildman–Crippen LogP) is 0.315. The zero-order valence-corrected chi connectivity index (χ0v) is 10.2. The Balaban J connectivity index is 2.48. The number of hydrogen-bond donors (Lipinski definition) is 2. The highest BCUT2D eigenvalue weighted by Gasteiger charge is 2.16. The molecule has 0 saturated carbocycles. The predicted molar refractivity (Wildman–Crippen MR) is 62.9 cm³/mol. The van der Waals surface area contributed by atoms with E-state index in [0.29, 0.717) is 13.0 Å². The van der Waals surface area contributed by atoms with Gasteiger partial charge in [0.25, 0.3) is 11.5 Å². The summed E-state index contributed by atoms with van der Waals surface area (Å²) in [5.41, 5.74) is -0.516.